The number of aliphatic hydroxyl groups excluding tert-OH is 1. The average Bonchev–Trinajstić information content (AvgIpc) is 3.12. The summed E-state index contributed by atoms with van der Waals surface area (Å²) >= 11 is 0. The van der Waals surface area contributed by atoms with Gasteiger partial charge in [0.25, 0.3) is 0 Å². The Morgan fingerprint density at radius 2 is 2.29 bits per heavy atom. The molecule has 1 saturated carbocycles. The zero-order chi connectivity index (χ0) is 12.9. The van der Waals surface area contributed by atoms with Gasteiger partial charge in [0.2, 0.25) is 0 Å². The molecular weight excluding hydrogens is 216 g/mol. The second kappa shape index (κ2) is 5.92. The molecule has 3 N–H and O–H groups in total. The SMILES string of the molecule is C#CC[C@H](CC)NC(=O)N[C@](C)(CO)C1CC1. The predicted octanol–water partition coefficient (Wildman–Crippen LogP) is 1.25. The molecule has 1 aliphatic rings. The van der Waals surface area contributed by atoms with Crippen LogP contribution in [0.5, 0.6) is 0 Å². The molecule has 96 valence electrons. The zero-order valence-corrected chi connectivity index (χ0v) is 10.6. The van der Waals surface area contributed by atoms with Gasteiger partial charge in [0.15, 0.2) is 0 Å². The normalized spacial score (nSPS) is 19.9. The number of carbonyl (C=O) groups excluding carboxylic acids is 1. The van der Waals surface area contributed by atoms with Crippen LogP contribution in [0.1, 0.15) is 39.5 Å². The highest BCUT2D eigenvalue weighted by molar-refractivity contribution is 5.75. The molecule has 2 amide bonds. The number of terminal acetylenes is 1. The van der Waals surface area contributed by atoms with Crippen molar-refractivity contribution in [3.8, 4) is 12.3 Å². The molecule has 0 aliphatic heterocycles. The average molecular weight is 238 g/mol. The van der Waals surface area contributed by atoms with Crippen LogP contribution >= 0.6 is 0 Å². The minimum absolute atomic E-state index is 0.00199. The molecule has 0 aromatic carbocycles. The Hall–Kier alpha value is -1.21. The van der Waals surface area contributed by atoms with Crippen LogP contribution in [0.15, 0.2) is 0 Å². The summed E-state index contributed by atoms with van der Waals surface area (Å²) in [4.78, 5) is 11.8. The van der Waals surface area contributed by atoms with Crippen molar-refractivity contribution >= 4 is 6.03 Å². The molecule has 0 aromatic heterocycles. The predicted molar refractivity (Wildman–Crippen MR) is 67.4 cm³/mol. The van der Waals surface area contributed by atoms with Crippen molar-refractivity contribution in [1.82, 2.24) is 10.6 Å². The van der Waals surface area contributed by atoms with Gasteiger partial charge in [-0.25, -0.2) is 4.79 Å². The van der Waals surface area contributed by atoms with Crippen LogP contribution in [-0.4, -0.2) is 29.3 Å². The first kappa shape index (κ1) is 13.9. The molecule has 0 aromatic rings. The molecular formula is C13H22N2O2. The molecule has 0 bridgehead atoms. The first-order valence-electron chi connectivity index (χ1n) is 6.18. The third-order valence-electron chi connectivity index (χ3n) is 3.40. The van der Waals surface area contributed by atoms with Crippen molar-refractivity contribution < 1.29 is 9.90 Å². The lowest BCUT2D eigenvalue weighted by Gasteiger charge is -2.29. The summed E-state index contributed by atoms with van der Waals surface area (Å²) < 4.78 is 0. The summed E-state index contributed by atoms with van der Waals surface area (Å²) in [6, 6.07) is -0.238. The first-order chi connectivity index (χ1) is 8.05. The van der Waals surface area contributed by atoms with Gasteiger partial charge in [-0.3, -0.25) is 0 Å². The Bertz CT molecular complexity index is 307. The summed E-state index contributed by atoms with van der Waals surface area (Å²) in [6.45, 7) is 3.83. The number of carbonyl (C=O) groups is 1. The maximum absolute atomic E-state index is 11.8. The van der Waals surface area contributed by atoms with Crippen LogP contribution in [0.25, 0.3) is 0 Å². The van der Waals surface area contributed by atoms with Crippen LogP contribution in [0, 0.1) is 18.3 Å². The molecule has 0 saturated heterocycles. The molecule has 17 heavy (non-hydrogen) atoms. The van der Waals surface area contributed by atoms with Crippen molar-refractivity contribution in [3.05, 3.63) is 0 Å². The van der Waals surface area contributed by atoms with E-state index in [9.17, 15) is 9.90 Å². The van der Waals surface area contributed by atoms with E-state index in [4.69, 9.17) is 6.42 Å². The van der Waals surface area contributed by atoms with E-state index in [2.05, 4.69) is 16.6 Å². The van der Waals surface area contributed by atoms with E-state index >= 15 is 0 Å². The summed E-state index contributed by atoms with van der Waals surface area (Å²) in [6.07, 6.45) is 8.70. The van der Waals surface area contributed by atoms with E-state index in [1.807, 2.05) is 13.8 Å². The van der Waals surface area contributed by atoms with E-state index in [0.717, 1.165) is 19.3 Å². The zero-order valence-electron chi connectivity index (χ0n) is 10.6. The lowest BCUT2D eigenvalue weighted by atomic mass is 9.97. The Morgan fingerprint density at radius 1 is 1.65 bits per heavy atom. The molecule has 4 nitrogen and oxygen atoms in total. The van der Waals surface area contributed by atoms with Crippen LogP contribution in [-0.2, 0) is 0 Å². The second-order valence-corrected chi connectivity index (χ2v) is 4.96. The lowest BCUT2D eigenvalue weighted by molar-refractivity contribution is 0.154. The van der Waals surface area contributed by atoms with Gasteiger partial charge in [-0.05, 0) is 32.1 Å². The highest BCUT2D eigenvalue weighted by atomic mass is 16.3. The Labute approximate surface area is 103 Å². The molecule has 0 unspecified atom stereocenters. The fourth-order valence-electron chi connectivity index (χ4n) is 1.91. The fraction of sp³-hybridized carbons (Fsp3) is 0.769. The summed E-state index contributed by atoms with van der Waals surface area (Å²) in [5.74, 6) is 2.94. The Kier molecular flexibility index (Phi) is 4.83. The van der Waals surface area contributed by atoms with Crippen molar-refractivity contribution in [2.24, 2.45) is 5.92 Å². The smallest absolute Gasteiger partial charge is 0.315 e. The molecule has 1 fully saturated rings. The van der Waals surface area contributed by atoms with Gasteiger partial charge >= 0.3 is 6.03 Å². The Morgan fingerprint density at radius 3 is 2.71 bits per heavy atom. The number of aliphatic hydroxyl groups is 1. The van der Waals surface area contributed by atoms with E-state index in [-0.39, 0.29) is 18.7 Å². The Balaban J connectivity index is 2.45. The van der Waals surface area contributed by atoms with Crippen molar-refractivity contribution in [2.75, 3.05) is 6.61 Å². The fourth-order valence-corrected chi connectivity index (χ4v) is 1.91. The molecule has 0 spiro atoms. The maximum atomic E-state index is 11.8. The van der Waals surface area contributed by atoms with E-state index < -0.39 is 5.54 Å². The van der Waals surface area contributed by atoms with Gasteiger partial charge in [-0.1, -0.05) is 6.92 Å². The lowest BCUT2D eigenvalue weighted by Crippen LogP contribution is -2.55. The number of amides is 2. The van der Waals surface area contributed by atoms with Crippen molar-refractivity contribution in [2.45, 2.75) is 51.1 Å². The van der Waals surface area contributed by atoms with E-state index in [1.54, 1.807) is 0 Å². The van der Waals surface area contributed by atoms with Crippen LogP contribution < -0.4 is 10.6 Å². The third-order valence-corrected chi connectivity index (χ3v) is 3.40. The quantitative estimate of drug-likeness (QED) is 0.610. The molecule has 0 radical (unpaired) electrons. The van der Waals surface area contributed by atoms with Gasteiger partial charge < -0.3 is 15.7 Å². The highest BCUT2D eigenvalue weighted by Crippen LogP contribution is 2.39. The topological polar surface area (TPSA) is 61.4 Å². The third kappa shape index (κ3) is 3.94. The van der Waals surface area contributed by atoms with Gasteiger partial charge in [-0.15, -0.1) is 12.3 Å². The van der Waals surface area contributed by atoms with E-state index in [0.29, 0.717) is 12.3 Å². The van der Waals surface area contributed by atoms with Gasteiger partial charge in [0.05, 0.1) is 12.1 Å². The summed E-state index contributed by atoms with van der Waals surface area (Å²) in [5, 5.41) is 15.1. The number of rotatable bonds is 6. The maximum Gasteiger partial charge on any atom is 0.315 e. The second-order valence-electron chi connectivity index (χ2n) is 4.96. The van der Waals surface area contributed by atoms with E-state index in [1.165, 1.54) is 0 Å². The molecule has 4 heteroatoms. The van der Waals surface area contributed by atoms with Gasteiger partial charge in [-0.2, -0.15) is 0 Å². The molecule has 1 aliphatic carbocycles. The number of hydrogen-bond donors (Lipinski definition) is 3. The highest BCUT2D eigenvalue weighted by Gasteiger charge is 2.42. The molecule has 0 heterocycles. The number of urea groups is 1. The summed E-state index contributed by atoms with van der Waals surface area (Å²) in [5.41, 5.74) is -0.501. The largest absolute Gasteiger partial charge is 0.394 e. The minimum Gasteiger partial charge on any atom is -0.394 e. The minimum atomic E-state index is -0.501. The number of hydrogen-bond acceptors (Lipinski definition) is 2. The summed E-state index contributed by atoms with van der Waals surface area (Å²) in [7, 11) is 0. The van der Waals surface area contributed by atoms with Crippen molar-refractivity contribution in [3.63, 3.8) is 0 Å². The monoisotopic (exact) mass is 238 g/mol. The first-order valence-corrected chi connectivity index (χ1v) is 6.18. The van der Waals surface area contributed by atoms with Gasteiger partial charge in [0.1, 0.15) is 0 Å². The number of nitrogens with one attached hydrogen (secondary N) is 2. The van der Waals surface area contributed by atoms with Crippen LogP contribution in [0.4, 0.5) is 4.79 Å². The molecule has 2 atom stereocenters. The van der Waals surface area contributed by atoms with Crippen LogP contribution in [0.3, 0.4) is 0 Å². The molecule has 1 rings (SSSR count). The van der Waals surface area contributed by atoms with Crippen LogP contribution in [0.2, 0.25) is 0 Å². The van der Waals surface area contributed by atoms with Crippen molar-refractivity contribution in [1.29, 1.82) is 0 Å². The standard InChI is InChI=1S/C13H22N2O2/c1-4-6-11(5-2)14-12(17)15-13(3,9-16)10-7-8-10/h1,10-11,16H,5-9H2,2-3H3,(H2,14,15,17)/t11-,13+/m0/s1. The van der Waals surface area contributed by atoms with Gasteiger partial charge in [0, 0.05) is 12.5 Å².